The van der Waals surface area contributed by atoms with Crippen molar-refractivity contribution in [1.29, 1.82) is 0 Å². The van der Waals surface area contributed by atoms with Crippen molar-refractivity contribution in [2.45, 2.75) is 0 Å². The Morgan fingerprint density at radius 1 is 0.750 bits per heavy atom. The molecule has 0 saturated heterocycles. The van der Waals surface area contributed by atoms with Crippen molar-refractivity contribution in [3.8, 4) is 0 Å². The molecule has 0 saturated carbocycles. The van der Waals surface area contributed by atoms with Gasteiger partial charge in [-0.25, -0.2) is 0 Å². The molecular weight excluding hydrogens is 130 g/mol. The Morgan fingerprint density at radius 3 is 0.750 bits per heavy atom. The van der Waals surface area contributed by atoms with Crippen LogP contribution in [0.1, 0.15) is 0 Å². The molecular formula is AlF2Zn+3. The maximum atomic E-state index is 0. The minimum atomic E-state index is 0. The molecule has 0 atom stereocenters. The van der Waals surface area contributed by atoms with Gasteiger partial charge in [-0.3, -0.25) is 0 Å². The van der Waals surface area contributed by atoms with Gasteiger partial charge >= 0.3 is 36.8 Å². The van der Waals surface area contributed by atoms with Crippen molar-refractivity contribution in [1.82, 2.24) is 0 Å². The molecule has 0 aliphatic heterocycles. The van der Waals surface area contributed by atoms with E-state index < -0.39 is 0 Å². The molecule has 0 spiro atoms. The predicted octanol–water partition coefficient (Wildman–Crippen LogP) is -6.38. The van der Waals surface area contributed by atoms with Gasteiger partial charge in [0.1, 0.15) is 0 Å². The van der Waals surface area contributed by atoms with Gasteiger partial charge in [0.05, 0.1) is 0 Å². The van der Waals surface area contributed by atoms with Crippen LogP contribution in [0.15, 0.2) is 0 Å². The second kappa shape index (κ2) is 35.4. The molecule has 0 heterocycles. The van der Waals surface area contributed by atoms with E-state index >= 15 is 0 Å². The number of hydrogen-bond donors (Lipinski definition) is 0. The van der Waals surface area contributed by atoms with Crippen LogP contribution in [-0.2, 0) is 19.5 Å². The van der Waals surface area contributed by atoms with Crippen molar-refractivity contribution in [3.05, 3.63) is 0 Å². The summed E-state index contributed by atoms with van der Waals surface area (Å²) in [5, 5.41) is 0. The third-order valence-electron chi connectivity index (χ3n) is 0. The maximum Gasteiger partial charge on any atom is 3.00 e. The first-order valence-corrected chi connectivity index (χ1v) is 0. The fraction of sp³-hybridized carbons (Fsp3) is 0. The average molecular weight is 130 g/mol. The van der Waals surface area contributed by atoms with Gasteiger partial charge in [-0.15, -0.1) is 0 Å². The number of halogens is 2. The molecule has 0 aliphatic carbocycles. The normalized spacial score (nSPS) is 0. The van der Waals surface area contributed by atoms with Crippen LogP contribution in [0.2, 0.25) is 0 Å². The molecule has 0 bridgehead atoms. The maximum absolute atomic E-state index is 0. The van der Waals surface area contributed by atoms with Gasteiger partial charge in [0.15, 0.2) is 0 Å². The fourth-order valence-electron chi connectivity index (χ4n) is 0. The first-order valence-electron chi connectivity index (χ1n) is 0. The second-order valence-electron chi connectivity index (χ2n) is 0. The molecule has 0 fully saturated rings. The van der Waals surface area contributed by atoms with Crippen LogP contribution in [0, 0.1) is 0 Å². The molecule has 0 aromatic carbocycles. The molecule has 16 valence electrons. The van der Waals surface area contributed by atoms with Crippen LogP contribution < -0.4 is 9.41 Å². The Hall–Kier alpha value is 1.02. The largest absolute Gasteiger partial charge is 3.00 e. The zero-order valence-electron chi connectivity index (χ0n) is 2.04. The van der Waals surface area contributed by atoms with Crippen molar-refractivity contribution >= 4 is 17.4 Å². The van der Waals surface area contributed by atoms with Crippen LogP contribution in [0.3, 0.4) is 0 Å². The summed E-state index contributed by atoms with van der Waals surface area (Å²) >= 11 is 0. The summed E-state index contributed by atoms with van der Waals surface area (Å²) in [6, 6.07) is 0. The summed E-state index contributed by atoms with van der Waals surface area (Å²) in [5.74, 6) is 0. The van der Waals surface area contributed by atoms with Gasteiger partial charge in [-0.1, -0.05) is 0 Å². The summed E-state index contributed by atoms with van der Waals surface area (Å²) in [6.07, 6.45) is 0. The first-order chi connectivity index (χ1) is 0. The number of hydrogen-bond acceptors (Lipinski definition) is 0. The van der Waals surface area contributed by atoms with E-state index in [2.05, 4.69) is 0 Å². The smallest absolute Gasteiger partial charge is 1.00 e. The van der Waals surface area contributed by atoms with Crippen LogP contribution in [0.4, 0.5) is 0 Å². The molecule has 4 heteroatoms. The van der Waals surface area contributed by atoms with E-state index in [0.717, 1.165) is 0 Å². The van der Waals surface area contributed by atoms with Crippen LogP contribution in [0.25, 0.3) is 0 Å². The van der Waals surface area contributed by atoms with E-state index in [9.17, 15) is 0 Å². The average Bonchev–Trinajstić information content (AvgIpc) is 0. The third-order valence-corrected chi connectivity index (χ3v) is 0. The molecule has 0 aromatic heterocycles. The van der Waals surface area contributed by atoms with Gasteiger partial charge in [0.2, 0.25) is 0 Å². The monoisotopic (exact) mass is 129 g/mol. The summed E-state index contributed by atoms with van der Waals surface area (Å²) < 4.78 is 0. The van der Waals surface area contributed by atoms with E-state index in [4.69, 9.17) is 0 Å². The predicted molar refractivity (Wildman–Crippen MR) is 5.75 cm³/mol. The summed E-state index contributed by atoms with van der Waals surface area (Å²) in [4.78, 5) is 0. The number of rotatable bonds is 0. The van der Waals surface area contributed by atoms with Gasteiger partial charge in [-0.05, 0) is 0 Å². The molecule has 0 radical (unpaired) electrons. The molecule has 0 aromatic rings. The van der Waals surface area contributed by atoms with E-state index in [1.165, 1.54) is 0 Å². The van der Waals surface area contributed by atoms with E-state index in [1.54, 1.807) is 0 Å². The van der Waals surface area contributed by atoms with Crippen molar-refractivity contribution in [3.63, 3.8) is 0 Å². The molecule has 0 nitrogen and oxygen atoms in total. The Morgan fingerprint density at radius 2 is 0.750 bits per heavy atom. The topological polar surface area (TPSA) is 0 Å². The Labute approximate surface area is 46.6 Å². The first kappa shape index (κ1) is 78.4. The van der Waals surface area contributed by atoms with Gasteiger partial charge in [0, 0.05) is 0 Å². The molecule has 0 rings (SSSR count). The third kappa shape index (κ3) is 11.9. The van der Waals surface area contributed by atoms with Gasteiger partial charge in [0.25, 0.3) is 0 Å². The van der Waals surface area contributed by atoms with Crippen molar-refractivity contribution in [2.75, 3.05) is 0 Å². The zero-order valence-corrected chi connectivity index (χ0v) is 6.16. The second-order valence-corrected chi connectivity index (χ2v) is 0. The molecule has 0 aliphatic rings. The molecule has 4 heavy (non-hydrogen) atoms. The van der Waals surface area contributed by atoms with Crippen molar-refractivity contribution < 1.29 is 28.9 Å². The minimum Gasteiger partial charge on any atom is -1.00 e. The van der Waals surface area contributed by atoms with E-state index in [-0.39, 0.29) is 46.2 Å². The zero-order chi connectivity index (χ0) is 0. The molecule has 0 N–H and O–H groups in total. The Bertz CT molecular complexity index is 6.00. The van der Waals surface area contributed by atoms with Crippen LogP contribution in [0.5, 0.6) is 0 Å². The van der Waals surface area contributed by atoms with E-state index in [1.807, 2.05) is 0 Å². The Kier molecular flexibility index (Phi) is 694. The van der Waals surface area contributed by atoms with E-state index in [0.29, 0.717) is 0 Å². The summed E-state index contributed by atoms with van der Waals surface area (Å²) in [5.41, 5.74) is 0. The van der Waals surface area contributed by atoms with Crippen LogP contribution in [-0.4, -0.2) is 17.4 Å². The SMILES string of the molecule is [Al+3].[F-].[F-].[Zn+2]. The molecule has 0 amide bonds. The standard InChI is InChI=1S/Al.2FH.Zn/h;2*1H;/q+3;;;+2/p-2. The molecule has 0 unspecified atom stereocenters. The van der Waals surface area contributed by atoms with Crippen LogP contribution >= 0.6 is 0 Å². The van der Waals surface area contributed by atoms with Crippen molar-refractivity contribution in [2.24, 2.45) is 0 Å². The van der Waals surface area contributed by atoms with Gasteiger partial charge in [-0.2, -0.15) is 0 Å². The minimum absolute atomic E-state index is 0. The fourth-order valence-corrected chi connectivity index (χ4v) is 0. The Balaban J connectivity index is 0. The quantitative estimate of drug-likeness (QED) is 0.286. The summed E-state index contributed by atoms with van der Waals surface area (Å²) in [7, 11) is 0. The van der Waals surface area contributed by atoms with Gasteiger partial charge < -0.3 is 9.41 Å². The summed E-state index contributed by atoms with van der Waals surface area (Å²) in [6.45, 7) is 0.